The molecular weight excluding hydrogens is 353 g/mol. The number of halogens is 1. The molecule has 0 radical (unpaired) electrons. The Hall–Kier alpha value is -2.49. The van der Waals surface area contributed by atoms with E-state index in [1.165, 1.54) is 30.0 Å². The van der Waals surface area contributed by atoms with Crippen molar-refractivity contribution < 1.29 is 14.0 Å². The van der Waals surface area contributed by atoms with Crippen molar-refractivity contribution in [3.8, 4) is 0 Å². The van der Waals surface area contributed by atoms with Crippen LogP contribution in [0.2, 0.25) is 0 Å². The zero-order chi connectivity index (χ0) is 19.5. The Labute approximate surface area is 165 Å². The van der Waals surface area contributed by atoms with Crippen molar-refractivity contribution in [3.05, 3.63) is 70.5 Å². The van der Waals surface area contributed by atoms with Crippen LogP contribution < -0.4 is 0 Å². The first kappa shape index (κ1) is 18.9. The zero-order valence-corrected chi connectivity index (χ0v) is 16.1. The van der Waals surface area contributed by atoms with Crippen LogP contribution in [0.5, 0.6) is 0 Å². The summed E-state index contributed by atoms with van der Waals surface area (Å²) in [5.41, 5.74) is 3.87. The van der Waals surface area contributed by atoms with Gasteiger partial charge >= 0.3 is 0 Å². The van der Waals surface area contributed by atoms with Crippen LogP contribution in [-0.4, -0.2) is 22.6 Å². The van der Waals surface area contributed by atoms with E-state index in [4.69, 9.17) is 0 Å². The third kappa shape index (κ3) is 4.32. The summed E-state index contributed by atoms with van der Waals surface area (Å²) in [5.74, 6) is -0.327. The molecule has 0 aliphatic heterocycles. The van der Waals surface area contributed by atoms with Crippen molar-refractivity contribution in [3.63, 3.8) is 0 Å². The van der Waals surface area contributed by atoms with E-state index in [0.717, 1.165) is 25.7 Å². The molecule has 4 heteroatoms. The topological polar surface area (TPSA) is 37.4 Å². The normalized spacial score (nSPS) is 15.8. The molecule has 2 aliphatic carbocycles. The number of fused-ring (bicyclic) bond motifs is 1. The maximum atomic E-state index is 14.0. The lowest BCUT2D eigenvalue weighted by molar-refractivity contribution is -0.132. The van der Waals surface area contributed by atoms with Crippen LogP contribution in [0.4, 0.5) is 4.39 Å². The van der Waals surface area contributed by atoms with Crippen LogP contribution in [0, 0.1) is 5.82 Å². The average Bonchev–Trinajstić information content (AvgIpc) is 3.56. The Kier molecular flexibility index (Phi) is 5.56. The SMILES string of the molecule is O=C(CCC(=O)N(Cc1ccccc1F)C1CC1)c1ccc2c(c1)CCCC2. The number of amides is 1. The number of carbonyl (C=O) groups is 2. The molecule has 0 heterocycles. The van der Waals surface area contributed by atoms with Crippen molar-refractivity contribution in [1.82, 2.24) is 4.90 Å². The molecule has 3 nitrogen and oxygen atoms in total. The molecule has 146 valence electrons. The highest BCUT2D eigenvalue weighted by Crippen LogP contribution is 2.30. The van der Waals surface area contributed by atoms with Crippen molar-refractivity contribution >= 4 is 11.7 Å². The van der Waals surface area contributed by atoms with Crippen LogP contribution in [0.3, 0.4) is 0 Å². The summed E-state index contributed by atoms with van der Waals surface area (Å²) in [7, 11) is 0. The van der Waals surface area contributed by atoms with E-state index in [0.29, 0.717) is 11.1 Å². The molecule has 1 fully saturated rings. The largest absolute Gasteiger partial charge is 0.335 e. The zero-order valence-electron chi connectivity index (χ0n) is 16.1. The predicted octanol–water partition coefficient (Wildman–Crippen LogP) is 4.86. The Bertz CT molecular complexity index is 888. The van der Waals surface area contributed by atoms with Gasteiger partial charge in [-0.25, -0.2) is 4.39 Å². The van der Waals surface area contributed by atoms with Gasteiger partial charge in [-0.05, 0) is 61.8 Å². The standard InChI is InChI=1S/C24H26FNO2/c25-22-8-4-3-7-20(22)16-26(21-11-12-21)24(28)14-13-23(27)19-10-9-17-5-1-2-6-18(17)15-19/h3-4,7-10,15,21H,1-2,5-6,11-14,16H2. The molecule has 4 rings (SSSR count). The Morgan fingerprint density at radius 1 is 0.964 bits per heavy atom. The second-order valence-electron chi connectivity index (χ2n) is 7.96. The summed E-state index contributed by atoms with van der Waals surface area (Å²) >= 11 is 0. The number of rotatable bonds is 7. The minimum Gasteiger partial charge on any atom is -0.335 e. The van der Waals surface area contributed by atoms with Gasteiger partial charge in [-0.3, -0.25) is 9.59 Å². The van der Waals surface area contributed by atoms with E-state index < -0.39 is 0 Å². The highest BCUT2D eigenvalue weighted by atomic mass is 19.1. The Balaban J connectivity index is 1.38. The van der Waals surface area contributed by atoms with Crippen LogP contribution >= 0.6 is 0 Å². The number of carbonyl (C=O) groups excluding carboxylic acids is 2. The molecule has 0 unspecified atom stereocenters. The van der Waals surface area contributed by atoms with Crippen LogP contribution in [-0.2, 0) is 24.2 Å². The fraction of sp³-hybridized carbons (Fsp3) is 0.417. The number of benzene rings is 2. The van der Waals surface area contributed by atoms with E-state index in [1.807, 2.05) is 12.1 Å². The molecule has 0 aromatic heterocycles. The predicted molar refractivity (Wildman–Crippen MR) is 107 cm³/mol. The van der Waals surface area contributed by atoms with Crippen molar-refractivity contribution in [2.24, 2.45) is 0 Å². The van der Waals surface area contributed by atoms with Gasteiger partial charge in [0.05, 0.1) is 0 Å². The number of aryl methyl sites for hydroxylation is 2. The lowest BCUT2D eigenvalue weighted by Crippen LogP contribution is -2.33. The van der Waals surface area contributed by atoms with Gasteiger partial charge in [-0.2, -0.15) is 0 Å². The van der Waals surface area contributed by atoms with Gasteiger partial charge in [0.1, 0.15) is 5.82 Å². The molecule has 0 spiro atoms. The molecule has 0 atom stereocenters. The number of Topliss-reactive ketones (excluding diaryl/α,β-unsaturated/α-hetero) is 1. The summed E-state index contributed by atoms with van der Waals surface area (Å²) in [6.07, 6.45) is 6.82. The van der Waals surface area contributed by atoms with E-state index in [1.54, 1.807) is 23.1 Å². The Morgan fingerprint density at radius 3 is 2.46 bits per heavy atom. The first-order valence-electron chi connectivity index (χ1n) is 10.3. The van der Waals surface area contributed by atoms with Gasteiger partial charge in [0.15, 0.2) is 5.78 Å². The van der Waals surface area contributed by atoms with Crippen LogP contribution in [0.15, 0.2) is 42.5 Å². The third-order valence-corrected chi connectivity index (χ3v) is 5.84. The molecule has 1 amide bonds. The highest BCUT2D eigenvalue weighted by molar-refractivity contribution is 5.98. The molecule has 2 aromatic carbocycles. The monoisotopic (exact) mass is 379 g/mol. The van der Waals surface area contributed by atoms with Gasteiger partial charge in [0.2, 0.25) is 5.91 Å². The first-order valence-corrected chi connectivity index (χ1v) is 10.3. The fourth-order valence-corrected chi connectivity index (χ4v) is 4.03. The first-order chi connectivity index (χ1) is 13.6. The lowest BCUT2D eigenvalue weighted by atomic mass is 9.89. The summed E-state index contributed by atoms with van der Waals surface area (Å²) in [5, 5.41) is 0. The van der Waals surface area contributed by atoms with Gasteiger partial charge in [0.25, 0.3) is 0 Å². The van der Waals surface area contributed by atoms with Gasteiger partial charge < -0.3 is 4.90 Å². The van der Waals surface area contributed by atoms with Crippen molar-refractivity contribution in [2.75, 3.05) is 0 Å². The number of hydrogen-bond donors (Lipinski definition) is 0. The number of nitrogens with zero attached hydrogens (tertiary/aromatic N) is 1. The molecular formula is C24H26FNO2. The second-order valence-corrected chi connectivity index (χ2v) is 7.96. The molecule has 0 N–H and O–H groups in total. The van der Waals surface area contributed by atoms with Crippen LogP contribution in [0.1, 0.15) is 65.6 Å². The molecule has 0 bridgehead atoms. The third-order valence-electron chi connectivity index (χ3n) is 5.84. The molecule has 2 aliphatic rings. The van der Waals surface area contributed by atoms with E-state index in [9.17, 15) is 14.0 Å². The molecule has 2 aromatic rings. The van der Waals surface area contributed by atoms with Gasteiger partial charge in [-0.15, -0.1) is 0 Å². The lowest BCUT2D eigenvalue weighted by Gasteiger charge is -2.23. The Morgan fingerprint density at radius 2 is 1.71 bits per heavy atom. The minimum atomic E-state index is -0.286. The van der Waals surface area contributed by atoms with Crippen molar-refractivity contribution in [1.29, 1.82) is 0 Å². The van der Waals surface area contributed by atoms with Crippen LogP contribution in [0.25, 0.3) is 0 Å². The smallest absolute Gasteiger partial charge is 0.223 e. The average molecular weight is 379 g/mol. The maximum Gasteiger partial charge on any atom is 0.223 e. The van der Waals surface area contributed by atoms with Crippen molar-refractivity contribution in [2.45, 2.75) is 64.0 Å². The number of hydrogen-bond acceptors (Lipinski definition) is 2. The summed E-state index contributed by atoms with van der Waals surface area (Å²) in [6.45, 7) is 0.281. The maximum absolute atomic E-state index is 14.0. The van der Waals surface area contributed by atoms with E-state index in [-0.39, 0.29) is 42.9 Å². The number of ketones is 1. The minimum absolute atomic E-state index is 0.0170. The second kappa shape index (κ2) is 8.26. The molecule has 28 heavy (non-hydrogen) atoms. The van der Waals surface area contributed by atoms with E-state index in [2.05, 4.69) is 6.07 Å². The fourth-order valence-electron chi connectivity index (χ4n) is 4.03. The summed E-state index contributed by atoms with van der Waals surface area (Å²) < 4.78 is 14.0. The van der Waals surface area contributed by atoms with E-state index >= 15 is 0 Å². The summed E-state index contributed by atoms with van der Waals surface area (Å²) in [6, 6.07) is 12.7. The molecule has 0 saturated heterocycles. The van der Waals surface area contributed by atoms with Gasteiger partial charge in [-0.1, -0.05) is 30.3 Å². The highest BCUT2D eigenvalue weighted by Gasteiger charge is 2.33. The van der Waals surface area contributed by atoms with Gasteiger partial charge in [0, 0.05) is 36.6 Å². The quantitative estimate of drug-likeness (QED) is 0.645. The summed E-state index contributed by atoms with van der Waals surface area (Å²) in [4.78, 5) is 27.1. The molecule has 1 saturated carbocycles.